The summed E-state index contributed by atoms with van der Waals surface area (Å²) in [7, 11) is 0. The van der Waals surface area contributed by atoms with Crippen molar-refractivity contribution in [3.05, 3.63) is 33.4 Å². The Labute approximate surface area is 160 Å². The smallest absolute Gasteiger partial charge is 0.338 e. The van der Waals surface area contributed by atoms with Crippen LogP contribution in [-0.2, 0) is 9.53 Å². The molecule has 26 heavy (non-hydrogen) atoms. The molecule has 1 aliphatic rings. The van der Waals surface area contributed by atoms with Crippen LogP contribution in [0.5, 0.6) is 11.5 Å². The summed E-state index contributed by atoms with van der Waals surface area (Å²) in [4.78, 5) is 24.7. The number of phenols is 1. The number of carbonyl (C=O) groups is 2. The van der Waals surface area contributed by atoms with Gasteiger partial charge in [0, 0.05) is 5.70 Å². The lowest BCUT2D eigenvalue weighted by molar-refractivity contribution is -0.150. The molecule has 2 rings (SSSR count). The number of esters is 1. The highest BCUT2D eigenvalue weighted by Gasteiger charge is 2.34. The van der Waals surface area contributed by atoms with E-state index in [0.717, 1.165) is 0 Å². The lowest BCUT2D eigenvalue weighted by atomic mass is 9.95. The number of aromatic hydroxyl groups is 1. The van der Waals surface area contributed by atoms with E-state index in [2.05, 4.69) is 26.6 Å². The zero-order chi connectivity index (χ0) is 19.6. The van der Waals surface area contributed by atoms with Crippen molar-refractivity contribution in [2.24, 2.45) is 0 Å². The van der Waals surface area contributed by atoms with E-state index in [4.69, 9.17) is 9.47 Å². The number of benzene rings is 1. The molecular weight excluding hydrogens is 404 g/mol. The molecule has 8 heteroatoms. The molecule has 1 heterocycles. The number of hydrogen-bond donors (Lipinski definition) is 3. The van der Waals surface area contributed by atoms with Crippen molar-refractivity contribution in [1.82, 2.24) is 10.6 Å². The second kappa shape index (κ2) is 7.57. The first-order valence-corrected chi connectivity index (χ1v) is 8.99. The minimum absolute atomic E-state index is 0.0459. The third-order valence-corrected chi connectivity index (χ3v) is 4.18. The van der Waals surface area contributed by atoms with Gasteiger partial charge in [-0.2, -0.15) is 0 Å². The van der Waals surface area contributed by atoms with Crippen LogP contribution in [0, 0.1) is 0 Å². The van der Waals surface area contributed by atoms with Crippen molar-refractivity contribution in [2.75, 3.05) is 6.61 Å². The number of rotatable bonds is 4. The fraction of sp³-hybridized carbons (Fsp3) is 0.444. The van der Waals surface area contributed by atoms with Gasteiger partial charge in [0.25, 0.3) is 0 Å². The second-order valence-corrected chi connectivity index (χ2v) is 7.71. The molecule has 1 aliphatic heterocycles. The first kappa shape index (κ1) is 20.1. The topological polar surface area (TPSA) is 96.9 Å². The lowest BCUT2D eigenvalue weighted by Gasteiger charge is -2.30. The Balaban J connectivity index is 2.52. The third-order valence-electron chi connectivity index (χ3n) is 3.57. The molecule has 1 atom stereocenters. The standard InChI is InChI=1S/C18H23BrN2O5/c1-6-25-12-8-10(7-11(19)15(12)22)14-13(9(2)20-17(24)21-14)16(23)26-18(3,4)5/h7-8,14,22H,6H2,1-5H3,(H2,20,21,24). The molecule has 142 valence electrons. The predicted molar refractivity (Wildman–Crippen MR) is 99.9 cm³/mol. The van der Waals surface area contributed by atoms with Gasteiger partial charge in [-0.05, 0) is 68.2 Å². The number of amides is 2. The molecule has 0 saturated carbocycles. The van der Waals surface area contributed by atoms with Gasteiger partial charge in [0.05, 0.1) is 22.7 Å². The van der Waals surface area contributed by atoms with Crippen molar-refractivity contribution < 1.29 is 24.2 Å². The van der Waals surface area contributed by atoms with E-state index >= 15 is 0 Å². The molecule has 7 nitrogen and oxygen atoms in total. The zero-order valence-electron chi connectivity index (χ0n) is 15.4. The zero-order valence-corrected chi connectivity index (χ0v) is 17.0. The molecule has 3 N–H and O–H groups in total. The SMILES string of the molecule is CCOc1cc(C2NC(=O)NC(C)=C2C(=O)OC(C)(C)C)cc(Br)c1O. The van der Waals surface area contributed by atoms with Crippen LogP contribution >= 0.6 is 15.9 Å². The minimum atomic E-state index is -0.741. The van der Waals surface area contributed by atoms with Crippen LogP contribution in [-0.4, -0.2) is 29.3 Å². The van der Waals surface area contributed by atoms with Gasteiger partial charge in [0.1, 0.15) is 5.60 Å². The summed E-state index contributed by atoms with van der Waals surface area (Å²) in [5, 5.41) is 15.4. The summed E-state index contributed by atoms with van der Waals surface area (Å²) < 4.78 is 11.3. The van der Waals surface area contributed by atoms with E-state index in [9.17, 15) is 14.7 Å². The molecule has 0 fully saturated rings. The highest BCUT2D eigenvalue weighted by Crippen LogP contribution is 2.39. The number of hydrogen-bond acceptors (Lipinski definition) is 5. The Kier molecular flexibility index (Phi) is 5.85. The van der Waals surface area contributed by atoms with Gasteiger partial charge in [0.15, 0.2) is 11.5 Å². The Bertz CT molecular complexity index is 768. The molecule has 1 aromatic carbocycles. The van der Waals surface area contributed by atoms with Crippen LogP contribution in [0.1, 0.15) is 46.2 Å². The van der Waals surface area contributed by atoms with Crippen LogP contribution in [0.2, 0.25) is 0 Å². The molecule has 0 saturated heterocycles. The molecular formula is C18H23BrN2O5. The van der Waals surface area contributed by atoms with E-state index in [1.165, 1.54) is 0 Å². The number of ether oxygens (including phenoxy) is 2. The maximum absolute atomic E-state index is 12.7. The van der Waals surface area contributed by atoms with Crippen LogP contribution in [0.25, 0.3) is 0 Å². The van der Waals surface area contributed by atoms with Crippen molar-refractivity contribution in [3.63, 3.8) is 0 Å². The number of phenolic OH excluding ortho intramolecular Hbond substituents is 1. The monoisotopic (exact) mass is 426 g/mol. The number of urea groups is 1. The average molecular weight is 427 g/mol. The van der Waals surface area contributed by atoms with Gasteiger partial charge in [-0.25, -0.2) is 9.59 Å². The van der Waals surface area contributed by atoms with E-state index in [-0.39, 0.29) is 11.5 Å². The fourth-order valence-electron chi connectivity index (χ4n) is 2.57. The van der Waals surface area contributed by atoms with Crippen molar-refractivity contribution in [3.8, 4) is 11.5 Å². The molecule has 1 aromatic rings. The summed E-state index contributed by atoms with van der Waals surface area (Å²) in [6, 6.07) is 2.06. The molecule has 0 aliphatic carbocycles. The fourth-order valence-corrected chi connectivity index (χ4v) is 3.03. The Morgan fingerprint density at radius 1 is 1.35 bits per heavy atom. The summed E-state index contributed by atoms with van der Waals surface area (Å²) in [6.45, 7) is 9.11. The van der Waals surface area contributed by atoms with E-state index in [1.54, 1.807) is 46.8 Å². The quantitative estimate of drug-likeness (QED) is 0.639. The molecule has 0 aromatic heterocycles. The highest BCUT2D eigenvalue weighted by molar-refractivity contribution is 9.10. The predicted octanol–water partition coefficient (Wildman–Crippen LogP) is 3.52. The lowest BCUT2D eigenvalue weighted by Crippen LogP contribution is -2.46. The Morgan fingerprint density at radius 2 is 2.00 bits per heavy atom. The van der Waals surface area contributed by atoms with Crippen LogP contribution < -0.4 is 15.4 Å². The maximum Gasteiger partial charge on any atom is 0.338 e. The van der Waals surface area contributed by atoms with Gasteiger partial charge >= 0.3 is 12.0 Å². The third kappa shape index (κ3) is 4.49. The summed E-state index contributed by atoms with van der Waals surface area (Å²) in [5.41, 5.74) is 0.602. The van der Waals surface area contributed by atoms with E-state index in [1.807, 2.05) is 0 Å². The number of halogens is 1. The summed E-state index contributed by atoms with van der Waals surface area (Å²) >= 11 is 3.28. The van der Waals surface area contributed by atoms with Crippen molar-refractivity contribution in [2.45, 2.75) is 46.3 Å². The van der Waals surface area contributed by atoms with Gasteiger partial charge in [-0.15, -0.1) is 0 Å². The highest BCUT2D eigenvalue weighted by atomic mass is 79.9. The Morgan fingerprint density at radius 3 is 2.58 bits per heavy atom. The molecule has 0 bridgehead atoms. The molecule has 1 unspecified atom stereocenters. The van der Waals surface area contributed by atoms with Crippen molar-refractivity contribution >= 4 is 27.9 Å². The molecule has 0 radical (unpaired) electrons. The van der Waals surface area contributed by atoms with Crippen molar-refractivity contribution in [1.29, 1.82) is 0 Å². The summed E-state index contributed by atoms with van der Waals surface area (Å²) in [6.07, 6.45) is 0. The maximum atomic E-state index is 12.7. The largest absolute Gasteiger partial charge is 0.503 e. The van der Waals surface area contributed by atoms with E-state index in [0.29, 0.717) is 27.9 Å². The second-order valence-electron chi connectivity index (χ2n) is 6.85. The van der Waals surface area contributed by atoms with Gasteiger partial charge in [-0.1, -0.05) is 0 Å². The molecule has 0 spiro atoms. The van der Waals surface area contributed by atoms with Gasteiger partial charge < -0.3 is 25.2 Å². The van der Waals surface area contributed by atoms with Crippen LogP contribution in [0.4, 0.5) is 4.79 Å². The number of carbonyl (C=O) groups excluding carboxylic acids is 2. The average Bonchev–Trinajstić information content (AvgIpc) is 2.49. The first-order valence-electron chi connectivity index (χ1n) is 8.20. The minimum Gasteiger partial charge on any atom is -0.503 e. The van der Waals surface area contributed by atoms with Gasteiger partial charge in [0.2, 0.25) is 0 Å². The van der Waals surface area contributed by atoms with Crippen LogP contribution in [0.15, 0.2) is 27.9 Å². The summed E-state index contributed by atoms with van der Waals surface area (Å²) in [5.74, 6) is -0.323. The number of allylic oxidation sites excluding steroid dienone is 1. The van der Waals surface area contributed by atoms with Gasteiger partial charge in [-0.3, -0.25) is 0 Å². The Hall–Kier alpha value is -2.22. The number of nitrogens with one attached hydrogen (secondary N) is 2. The first-order chi connectivity index (χ1) is 12.0. The molecule has 2 amide bonds. The normalized spacial score (nSPS) is 17.5. The van der Waals surface area contributed by atoms with Crippen LogP contribution in [0.3, 0.4) is 0 Å². The van der Waals surface area contributed by atoms with E-state index < -0.39 is 23.6 Å².